The molecular formula is C28H28F2N2O4. The minimum Gasteiger partial charge on any atom is -0.490 e. The number of para-hydroxylation sites is 2. The van der Waals surface area contributed by atoms with Crippen molar-refractivity contribution in [3.8, 4) is 11.5 Å². The van der Waals surface area contributed by atoms with E-state index in [0.717, 1.165) is 12.1 Å². The van der Waals surface area contributed by atoms with Gasteiger partial charge in [-0.05, 0) is 43.2 Å². The summed E-state index contributed by atoms with van der Waals surface area (Å²) < 4.78 is 41.3. The Morgan fingerprint density at radius 1 is 1.03 bits per heavy atom. The largest absolute Gasteiger partial charge is 0.490 e. The Balaban J connectivity index is 1.89. The van der Waals surface area contributed by atoms with Gasteiger partial charge in [-0.15, -0.1) is 0 Å². The van der Waals surface area contributed by atoms with Crippen LogP contribution in [0, 0.1) is 17.6 Å². The molecule has 2 atom stereocenters. The number of nitrogens with zero attached hydrogens (tertiary/aromatic N) is 1. The number of hydrogen-bond acceptors (Lipinski definition) is 4. The lowest BCUT2D eigenvalue weighted by atomic mass is 10.00. The van der Waals surface area contributed by atoms with E-state index in [1.54, 1.807) is 56.3 Å². The maximum atomic E-state index is 14.7. The smallest absolute Gasteiger partial charge is 0.265 e. The number of hydrogen-bond donors (Lipinski definition) is 1. The molecule has 3 aromatic carbocycles. The lowest BCUT2D eigenvalue weighted by Crippen LogP contribution is -2.46. The van der Waals surface area contributed by atoms with Crippen molar-refractivity contribution in [2.24, 2.45) is 5.92 Å². The fraction of sp³-hybridized carbons (Fsp3) is 0.286. The van der Waals surface area contributed by atoms with Crippen molar-refractivity contribution >= 4 is 17.5 Å². The number of nitrogens with one attached hydrogen (secondary N) is 1. The highest BCUT2D eigenvalue weighted by Gasteiger charge is 2.43. The van der Waals surface area contributed by atoms with Crippen LogP contribution in [0.5, 0.6) is 11.5 Å². The lowest BCUT2D eigenvalue weighted by Gasteiger charge is -2.31. The van der Waals surface area contributed by atoms with E-state index in [-0.39, 0.29) is 17.2 Å². The highest BCUT2D eigenvalue weighted by atomic mass is 19.1. The third kappa shape index (κ3) is 5.03. The van der Waals surface area contributed by atoms with Gasteiger partial charge in [0.05, 0.1) is 13.2 Å². The monoisotopic (exact) mass is 494 g/mol. The van der Waals surface area contributed by atoms with Gasteiger partial charge < -0.3 is 19.7 Å². The van der Waals surface area contributed by atoms with Gasteiger partial charge in [0.2, 0.25) is 0 Å². The Bertz CT molecular complexity index is 1230. The molecule has 0 aromatic heterocycles. The van der Waals surface area contributed by atoms with Crippen molar-refractivity contribution in [1.29, 1.82) is 0 Å². The second kappa shape index (κ2) is 10.8. The van der Waals surface area contributed by atoms with Gasteiger partial charge in [-0.2, -0.15) is 0 Å². The molecule has 0 saturated carbocycles. The Morgan fingerprint density at radius 2 is 1.69 bits per heavy atom. The van der Waals surface area contributed by atoms with Crippen LogP contribution >= 0.6 is 0 Å². The molecule has 0 aliphatic carbocycles. The van der Waals surface area contributed by atoms with Gasteiger partial charge >= 0.3 is 0 Å². The molecule has 2 amide bonds. The normalized spacial score (nSPS) is 17.3. The number of amides is 2. The summed E-state index contributed by atoms with van der Waals surface area (Å²) in [5.41, 5.74) is 0.568. The third-order valence-corrected chi connectivity index (χ3v) is 5.97. The summed E-state index contributed by atoms with van der Waals surface area (Å²) in [6.07, 6.45) is -1.00. The SMILES string of the molecule is CCOc1cccc2c1OC(C(C)C)C(=O)N(Cc1c(F)cccc1F)C2C(=O)Nc1ccccc1. The first-order chi connectivity index (χ1) is 17.3. The first kappa shape index (κ1) is 25.2. The average molecular weight is 495 g/mol. The molecule has 0 spiro atoms. The highest BCUT2D eigenvalue weighted by molar-refractivity contribution is 5.99. The van der Waals surface area contributed by atoms with E-state index in [0.29, 0.717) is 23.6 Å². The standard InChI is InChI=1S/C28H28F2N2O4/c1-4-35-23-15-8-12-19-24(27(33)31-18-10-6-5-7-11-18)32(16-20-21(29)13-9-14-22(20)30)28(34)25(17(2)3)36-26(19)23/h5-15,17,24-25H,4,16H2,1-3H3,(H,31,33). The van der Waals surface area contributed by atoms with Gasteiger partial charge in [-0.1, -0.05) is 50.2 Å². The lowest BCUT2D eigenvalue weighted by molar-refractivity contribution is -0.146. The maximum Gasteiger partial charge on any atom is 0.265 e. The molecule has 0 fully saturated rings. The van der Waals surface area contributed by atoms with Crippen molar-refractivity contribution in [2.45, 2.75) is 39.5 Å². The predicted molar refractivity (Wildman–Crippen MR) is 132 cm³/mol. The molecule has 2 unspecified atom stereocenters. The Kier molecular flexibility index (Phi) is 7.52. The van der Waals surface area contributed by atoms with Crippen LogP contribution in [-0.4, -0.2) is 29.4 Å². The molecule has 0 bridgehead atoms. The molecule has 4 rings (SSSR count). The number of anilines is 1. The average Bonchev–Trinajstić information content (AvgIpc) is 2.97. The molecule has 0 radical (unpaired) electrons. The fourth-order valence-corrected chi connectivity index (χ4v) is 4.24. The first-order valence-electron chi connectivity index (χ1n) is 11.8. The number of halogens is 2. The summed E-state index contributed by atoms with van der Waals surface area (Å²) in [5.74, 6) is -2.38. The number of benzene rings is 3. The zero-order chi connectivity index (χ0) is 25.8. The molecule has 1 aliphatic rings. The van der Waals surface area contributed by atoms with Crippen molar-refractivity contribution in [2.75, 3.05) is 11.9 Å². The van der Waals surface area contributed by atoms with Crippen LogP contribution < -0.4 is 14.8 Å². The number of carbonyl (C=O) groups is 2. The summed E-state index contributed by atoms with van der Waals surface area (Å²) in [5, 5.41) is 2.82. The highest BCUT2D eigenvalue weighted by Crippen LogP contribution is 2.43. The van der Waals surface area contributed by atoms with Gasteiger partial charge in [-0.3, -0.25) is 9.59 Å². The van der Waals surface area contributed by atoms with Crippen LogP contribution in [0.4, 0.5) is 14.5 Å². The van der Waals surface area contributed by atoms with Crippen LogP contribution in [-0.2, 0) is 16.1 Å². The molecule has 8 heteroatoms. The van der Waals surface area contributed by atoms with E-state index in [1.807, 2.05) is 13.0 Å². The maximum absolute atomic E-state index is 14.7. The first-order valence-corrected chi connectivity index (χ1v) is 11.8. The molecule has 1 heterocycles. The quantitative estimate of drug-likeness (QED) is 0.472. The number of ether oxygens (including phenoxy) is 2. The van der Waals surface area contributed by atoms with Gasteiger partial charge in [0.1, 0.15) is 17.7 Å². The van der Waals surface area contributed by atoms with Crippen LogP contribution in [0.2, 0.25) is 0 Å². The molecule has 188 valence electrons. The van der Waals surface area contributed by atoms with Gasteiger partial charge in [0, 0.05) is 16.8 Å². The predicted octanol–water partition coefficient (Wildman–Crippen LogP) is 5.49. The van der Waals surface area contributed by atoms with Gasteiger partial charge in [0.15, 0.2) is 17.6 Å². The summed E-state index contributed by atoms with van der Waals surface area (Å²) in [6.45, 7) is 5.30. The molecule has 6 nitrogen and oxygen atoms in total. The molecule has 1 aliphatic heterocycles. The van der Waals surface area contributed by atoms with Crippen LogP contribution in [0.3, 0.4) is 0 Å². The minimum atomic E-state index is -1.24. The summed E-state index contributed by atoms with van der Waals surface area (Å²) in [4.78, 5) is 28.8. The van der Waals surface area contributed by atoms with Crippen molar-refractivity contribution in [3.63, 3.8) is 0 Å². The minimum absolute atomic E-state index is 0.260. The topological polar surface area (TPSA) is 67.9 Å². The molecule has 3 aromatic rings. The van der Waals surface area contributed by atoms with E-state index in [4.69, 9.17) is 9.47 Å². The molecule has 36 heavy (non-hydrogen) atoms. The Morgan fingerprint density at radius 3 is 2.33 bits per heavy atom. The summed E-state index contributed by atoms with van der Waals surface area (Å²) in [6, 6.07) is 16.1. The van der Waals surface area contributed by atoms with E-state index in [1.165, 1.54) is 11.0 Å². The van der Waals surface area contributed by atoms with E-state index in [9.17, 15) is 18.4 Å². The zero-order valence-electron chi connectivity index (χ0n) is 20.3. The van der Waals surface area contributed by atoms with Gasteiger partial charge in [-0.25, -0.2) is 8.78 Å². The number of carbonyl (C=O) groups excluding carboxylic acids is 2. The Hall–Kier alpha value is -3.94. The summed E-state index contributed by atoms with van der Waals surface area (Å²) in [7, 11) is 0. The van der Waals surface area contributed by atoms with Crippen molar-refractivity contribution < 1.29 is 27.8 Å². The number of fused-ring (bicyclic) bond motifs is 1. The second-order valence-electron chi connectivity index (χ2n) is 8.81. The van der Waals surface area contributed by atoms with Crippen molar-refractivity contribution in [3.05, 3.63) is 89.5 Å². The second-order valence-corrected chi connectivity index (χ2v) is 8.81. The van der Waals surface area contributed by atoms with E-state index < -0.39 is 42.1 Å². The number of rotatable bonds is 7. The molecule has 0 saturated heterocycles. The Labute approximate surface area is 208 Å². The van der Waals surface area contributed by atoms with Crippen LogP contribution in [0.1, 0.15) is 37.9 Å². The zero-order valence-corrected chi connectivity index (χ0v) is 20.3. The summed E-state index contributed by atoms with van der Waals surface area (Å²) >= 11 is 0. The van der Waals surface area contributed by atoms with E-state index in [2.05, 4.69) is 5.32 Å². The fourth-order valence-electron chi connectivity index (χ4n) is 4.24. The van der Waals surface area contributed by atoms with Crippen LogP contribution in [0.15, 0.2) is 66.7 Å². The van der Waals surface area contributed by atoms with E-state index >= 15 is 0 Å². The molecular weight excluding hydrogens is 466 g/mol. The van der Waals surface area contributed by atoms with Crippen LogP contribution in [0.25, 0.3) is 0 Å². The molecule has 1 N–H and O–H groups in total. The van der Waals surface area contributed by atoms with Gasteiger partial charge in [0.25, 0.3) is 11.8 Å². The third-order valence-electron chi connectivity index (χ3n) is 5.97. The van der Waals surface area contributed by atoms with Crippen molar-refractivity contribution in [1.82, 2.24) is 4.90 Å².